The van der Waals surface area contributed by atoms with Crippen molar-refractivity contribution in [3.05, 3.63) is 21.4 Å². The summed E-state index contributed by atoms with van der Waals surface area (Å²) in [5.74, 6) is 0. The average molecular weight is 198 g/mol. The van der Waals surface area contributed by atoms with Crippen molar-refractivity contribution in [1.82, 2.24) is 5.32 Å². The van der Waals surface area contributed by atoms with Gasteiger partial charge in [-0.2, -0.15) is 0 Å². The van der Waals surface area contributed by atoms with E-state index in [1.807, 2.05) is 11.3 Å². The van der Waals surface area contributed by atoms with Gasteiger partial charge in [-0.3, -0.25) is 0 Å². The molecule has 0 radical (unpaired) electrons. The maximum atomic E-state index is 5.40. The lowest BCUT2D eigenvalue weighted by atomic mass is 10.2. The van der Waals surface area contributed by atoms with Gasteiger partial charge in [-0.05, 0) is 45.0 Å². The summed E-state index contributed by atoms with van der Waals surface area (Å²) in [6.07, 6.45) is 1.06. The number of aryl methyl sites for hydroxylation is 2. The van der Waals surface area contributed by atoms with Crippen molar-refractivity contribution in [1.29, 1.82) is 0 Å². The lowest BCUT2D eigenvalue weighted by Gasteiger charge is -2.02. The molecule has 3 N–H and O–H groups in total. The first kappa shape index (κ1) is 10.7. The van der Waals surface area contributed by atoms with Crippen LogP contribution in [0.25, 0.3) is 0 Å². The molecule has 0 aromatic carbocycles. The second-order valence-electron chi connectivity index (χ2n) is 3.26. The molecule has 1 heterocycles. The fourth-order valence-electron chi connectivity index (χ4n) is 1.31. The highest BCUT2D eigenvalue weighted by Crippen LogP contribution is 2.19. The molecule has 0 aliphatic carbocycles. The first-order valence-electron chi connectivity index (χ1n) is 4.70. The molecule has 13 heavy (non-hydrogen) atoms. The van der Waals surface area contributed by atoms with Crippen molar-refractivity contribution in [2.45, 2.75) is 26.8 Å². The Bertz CT molecular complexity index is 255. The monoisotopic (exact) mass is 198 g/mol. The Kier molecular flexibility index (Phi) is 4.42. The molecule has 1 aromatic heterocycles. The van der Waals surface area contributed by atoms with Crippen LogP contribution in [0.4, 0.5) is 0 Å². The predicted molar refractivity (Wildman–Crippen MR) is 59.2 cm³/mol. The topological polar surface area (TPSA) is 38.0 Å². The van der Waals surface area contributed by atoms with Gasteiger partial charge in [0.2, 0.25) is 0 Å². The van der Waals surface area contributed by atoms with Gasteiger partial charge in [-0.25, -0.2) is 0 Å². The van der Waals surface area contributed by atoms with Crippen molar-refractivity contribution >= 4 is 11.3 Å². The number of thiophene rings is 1. The molecule has 0 fully saturated rings. The molecule has 0 aliphatic rings. The smallest absolute Gasteiger partial charge is 0.0216 e. The van der Waals surface area contributed by atoms with E-state index in [2.05, 4.69) is 25.2 Å². The number of hydrogen-bond donors (Lipinski definition) is 2. The Balaban J connectivity index is 2.32. The normalized spacial score (nSPS) is 10.7. The Morgan fingerprint density at radius 3 is 2.77 bits per heavy atom. The average Bonchev–Trinajstić information content (AvgIpc) is 2.39. The molecule has 2 nitrogen and oxygen atoms in total. The van der Waals surface area contributed by atoms with Crippen molar-refractivity contribution < 1.29 is 0 Å². The Labute approximate surface area is 84.2 Å². The van der Waals surface area contributed by atoms with E-state index >= 15 is 0 Å². The maximum absolute atomic E-state index is 5.40. The molecule has 74 valence electrons. The Morgan fingerprint density at radius 1 is 1.46 bits per heavy atom. The Morgan fingerprint density at radius 2 is 2.23 bits per heavy atom. The van der Waals surface area contributed by atoms with E-state index in [0.717, 1.165) is 26.1 Å². The van der Waals surface area contributed by atoms with Gasteiger partial charge in [0.25, 0.3) is 0 Å². The van der Waals surface area contributed by atoms with Gasteiger partial charge in [-0.1, -0.05) is 0 Å². The number of rotatable bonds is 5. The standard InChI is InChI=1S/C10H18N2S/c1-8-6-10(9(2)13-8)7-12-5-3-4-11/h6,12H,3-5,7,11H2,1-2H3. The van der Waals surface area contributed by atoms with E-state index in [1.54, 1.807) is 0 Å². The predicted octanol–water partition coefficient (Wildman–Crippen LogP) is 1.80. The SMILES string of the molecule is Cc1cc(CNCCCN)c(C)s1. The van der Waals surface area contributed by atoms with Crippen LogP contribution in [0, 0.1) is 13.8 Å². The number of hydrogen-bond acceptors (Lipinski definition) is 3. The summed E-state index contributed by atoms with van der Waals surface area (Å²) in [6, 6.07) is 2.26. The molecule has 0 unspecified atom stereocenters. The highest BCUT2D eigenvalue weighted by Gasteiger charge is 2.00. The molecule has 0 aliphatic heterocycles. The molecule has 0 saturated heterocycles. The third-order valence-corrected chi connectivity index (χ3v) is 3.03. The van der Waals surface area contributed by atoms with Crippen LogP contribution in [-0.4, -0.2) is 13.1 Å². The number of nitrogens with two attached hydrogens (primary N) is 1. The quantitative estimate of drug-likeness (QED) is 0.708. The van der Waals surface area contributed by atoms with Crippen LogP contribution in [0.1, 0.15) is 21.7 Å². The van der Waals surface area contributed by atoms with Crippen molar-refractivity contribution in [2.75, 3.05) is 13.1 Å². The summed E-state index contributed by atoms with van der Waals surface area (Å²) < 4.78 is 0. The van der Waals surface area contributed by atoms with Gasteiger partial charge in [0.05, 0.1) is 0 Å². The number of nitrogens with one attached hydrogen (secondary N) is 1. The summed E-state index contributed by atoms with van der Waals surface area (Å²) in [5.41, 5.74) is 6.83. The van der Waals surface area contributed by atoms with Crippen molar-refractivity contribution in [3.63, 3.8) is 0 Å². The highest BCUT2D eigenvalue weighted by atomic mass is 32.1. The first-order valence-corrected chi connectivity index (χ1v) is 5.52. The minimum atomic E-state index is 0.772. The molecular weight excluding hydrogens is 180 g/mol. The Hall–Kier alpha value is -0.380. The fourth-order valence-corrected chi connectivity index (χ4v) is 2.26. The molecule has 0 amide bonds. The molecular formula is C10H18N2S. The summed E-state index contributed by atoms with van der Waals surface area (Å²) in [4.78, 5) is 2.82. The van der Waals surface area contributed by atoms with E-state index in [1.165, 1.54) is 15.3 Å². The lowest BCUT2D eigenvalue weighted by Crippen LogP contribution is -2.17. The molecule has 0 saturated carbocycles. The van der Waals surface area contributed by atoms with E-state index < -0.39 is 0 Å². The molecule has 0 atom stereocenters. The van der Waals surface area contributed by atoms with Crippen LogP contribution >= 0.6 is 11.3 Å². The van der Waals surface area contributed by atoms with Crippen LogP contribution in [-0.2, 0) is 6.54 Å². The third-order valence-electron chi connectivity index (χ3n) is 2.02. The van der Waals surface area contributed by atoms with Gasteiger partial charge in [0.1, 0.15) is 0 Å². The van der Waals surface area contributed by atoms with Gasteiger partial charge >= 0.3 is 0 Å². The largest absolute Gasteiger partial charge is 0.330 e. The lowest BCUT2D eigenvalue weighted by molar-refractivity contribution is 0.655. The van der Waals surface area contributed by atoms with Gasteiger partial charge in [-0.15, -0.1) is 11.3 Å². The zero-order valence-corrected chi connectivity index (χ0v) is 9.21. The van der Waals surface area contributed by atoms with Crippen LogP contribution < -0.4 is 11.1 Å². The second kappa shape index (κ2) is 5.37. The summed E-state index contributed by atoms with van der Waals surface area (Å²) in [6.45, 7) is 7.11. The first-order chi connectivity index (χ1) is 6.24. The summed E-state index contributed by atoms with van der Waals surface area (Å²) in [7, 11) is 0. The van der Waals surface area contributed by atoms with Crippen LogP contribution in [0.3, 0.4) is 0 Å². The van der Waals surface area contributed by atoms with E-state index in [9.17, 15) is 0 Å². The van der Waals surface area contributed by atoms with Gasteiger partial charge in [0.15, 0.2) is 0 Å². The van der Waals surface area contributed by atoms with Crippen LogP contribution in [0.2, 0.25) is 0 Å². The minimum Gasteiger partial charge on any atom is -0.330 e. The fraction of sp³-hybridized carbons (Fsp3) is 0.600. The molecule has 0 bridgehead atoms. The minimum absolute atomic E-state index is 0.772. The zero-order chi connectivity index (χ0) is 9.68. The molecule has 3 heteroatoms. The maximum Gasteiger partial charge on any atom is 0.0216 e. The molecule has 1 aromatic rings. The van der Waals surface area contributed by atoms with E-state index in [-0.39, 0.29) is 0 Å². The molecule has 0 spiro atoms. The summed E-state index contributed by atoms with van der Waals surface area (Å²) in [5, 5.41) is 3.38. The van der Waals surface area contributed by atoms with Crippen LogP contribution in [0.5, 0.6) is 0 Å². The van der Waals surface area contributed by atoms with Gasteiger partial charge < -0.3 is 11.1 Å². The van der Waals surface area contributed by atoms with E-state index in [0.29, 0.717) is 0 Å². The highest BCUT2D eigenvalue weighted by molar-refractivity contribution is 7.12. The van der Waals surface area contributed by atoms with Crippen molar-refractivity contribution in [3.8, 4) is 0 Å². The van der Waals surface area contributed by atoms with Gasteiger partial charge in [0, 0.05) is 16.3 Å². The third kappa shape index (κ3) is 3.46. The molecule has 1 rings (SSSR count). The van der Waals surface area contributed by atoms with Crippen LogP contribution in [0.15, 0.2) is 6.07 Å². The summed E-state index contributed by atoms with van der Waals surface area (Å²) >= 11 is 1.87. The second-order valence-corrected chi connectivity index (χ2v) is 4.72. The zero-order valence-electron chi connectivity index (χ0n) is 8.39. The van der Waals surface area contributed by atoms with Crippen molar-refractivity contribution in [2.24, 2.45) is 5.73 Å². The van der Waals surface area contributed by atoms with E-state index in [4.69, 9.17) is 5.73 Å².